The molecule has 2 aliphatic heterocycles. The predicted octanol–water partition coefficient (Wildman–Crippen LogP) is 2.12. The van der Waals surface area contributed by atoms with Crippen molar-refractivity contribution in [1.82, 2.24) is 20.5 Å². The summed E-state index contributed by atoms with van der Waals surface area (Å²) in [6.45, 7) is 3.95. The van der Waals surface area contributed by atoms with Gasteiger partial charge in [-0.2, -0.15) is 0 Å². The van der Waals surface area contributed by atoms with E-state index >= 15 is 0 Å². The van der Waals surface area contributed by atoms with Gasteiger partial charge in [-0.15, -0.1) is 10.2 Å². The van der Waals surface area contributed by atoms with E-state index in [9.17, 15) is 9.59 Å². The van der Waals surface area contributed by atoms with Gasteiger partial charge in [0.05, 0.1) is 24.7 Å². The third kappa shape index (κ3) is 4.57. The molecule has 2 amide bonds. The third-order valence-corrected chi connectivity index (χ3v) is 6.98. The van der Waals surface area contributed by atoms with Gasteiger partial charge in [-0.3, -0.25) is 19.5 Å². The highest BCUT2D eigenvalue weighted by atomic mass is 32.1. The smallest absolute Gasteiger partial charge is 0.286 e. The molecule has 1 unspecified atom stereocenters. The number of carbonyl (C=O) groups is 2. The lowest BCUT2D eigenvalue weighted by atomic mass is 9.98. The van der Waals surface area contributed by atoms with Crippen molar-refractivity contribution in [2.24, 2.45) is 0 Å². The molecular formula is C23H25N7O3S. The normalized spacial score (nSPS) is 18.3. The molecule has 2 saturated heterocycles. The van der Waals surface area contributed by atoms with Crippen LogP contribution in [0.1, 0.15) is 27.7 Å². The van der Waals surface area contributed by atoms with Crippen molar-refractivity contribution in [2.45, 2.75) is 12.3 Å². The first kappa shape index (κ1) is 22.2. The molecule has 1 atom stereocenters. The van der Waals surface area contributed by atoms with E-state index < -0.39 is 0 Å². The van der Waals surface area contributed by atoms with Gasteiger partial charge in [0, 0.05) is 51.3 Å². The lowest BCUT2D eigenvalue weighted by molar-refractivity contribution is -0.117. The molecule has 0 spiro atoms. The summed E-state index contributed by atoms with van der Waals surface area (Å²) in [7, 11) is 1.62. The number of nitrogens with one attached hydrogen (secondary N) is 2. The largest absolute Gasteiger partial charge is 0.497 e. The quantitative estimate of drug-likeness (QED) is 0.553. The van der Waals surface area contributed by atoms with E-state index in [4.69, 9.17) is 4.74 Å². The van der Waals surface area contributed by atoms with E-state index in [0.717, 1.165) is 54.5 Å². The van der Waals surface area contributed by atoms with Crippen molar-refractivity contribution in [1.29, 1.82) is 0 Å². The highest BCUT2D eigenvalue weighted by Gasteiger charge is 2.34. The molecule has 0 aliphatic carbocycles. The van der Waals surface area contributed by atoms with Crippen LogP contribution in [0.4, 0.5) is 16.5 Å². The molecule has 1 aromatic carbocycles. The number of anilines is 3. The summed E-state index contributed by atoms with van der Waals surface area (Å²) in [5.41, 5.74) is 2.58. The van der Waals surface area contributed by atoms with Crippen LogP contribution in [0.3, 0.4) is 0 Å². The monoisotopic (exact) mass is 479 g/mol. The van der Waals surface area contributed by atoms with E-state index in [1.54, 1.807) is 24.4 Å². The molecule has 176 valence electrons. The van der Waals surface area contributed by atoms with Crippen molar-refractivity contribution in [3.05, 3.63) is 53.3 Å². The number of hydrogen-bond acceptors (Lipinski definition) is 9. The number of nitrogens with zero attached hydrogens (tertiary/aromatic N) is 5. The Bertz CT molecular complexity index is 1190. The van der Waals surface area contributed by atoms with Gasteiger partial charge in [-0.05, 0) is 23.8 Å². The summed E-state index contributed by atoms with van der Waals surface area (Å²) in [6, 6.07) is 9.64. The van der Waals surface area contributed by atoms with E-state index in [1.807, 2.05) is 30.3 Å². The molecule has 10 nitrogen and oxygen atoms in total. The number of ether oxygens (including phenoxy) is 1. The fraction of sp³-hybridized carbons (Fsp3) is 0.348. The van der Waals surface area contributed by atoms with Gasteiger partial charge in [0.2, 0.25) is 16.0 Å². The van der Waals surface area contributed by atoms with E-state index in [-0.39, 0.29) is 22.7 Å². The highest BCUT2D eigenvalue weighted by Crippen LogP contribution is 2.34. The Hall–Kier alpha value is -3.57. The Labute approximate surface area is 201 Å². The van der Waals surface area contributed by atoms with Gasteiger partial charge < -0.3 is 20.3 Å². The van der Waals surface area contributed by atoms with Crippen LogP contribution in [0.5, 0.6) is 5.75 Å². The first-order valence-electron chi connectivity index (χ1n) is 11.1. The van der Waals surface area contributed by atoms with Crippen molar-refractivity contribution in [3.8, 4) is 5.75 Å². The van der Waals surface area contributed by atoms with Crippen LogP contribution in [0.15, 0.2) is 42.7 Å². The number of aromatic nitrogens is 3. The summed E-state index contributed by atoms with van der Waals surface area (Å²) in [5.74, 6) is 0.378. The van der Waals surface area contributed by atoms with Crippen LogP contribution in [0.25, 0.3) is 0 Å². The molecule has 2 aliphatic rings. The minimum absolute atomic E-state index is 0.0285. The molecule has 0 radical (unpaired) electrons. The molecule has 5 rings (SSSR count). The van der Waals surface area contributed by atoms with Crippen LogP contribution >= 0.6 is 11.3 Å². The number of hydrogen-bond donors (Lipinski definition) is 2. The molecule has 2 N–H and O–H groups in total. The molecule has 11 heteroatoms. The molecule has 0 bridgehead atoms. The number of amides is 2. The van der Waals surface area contributed by atoms with Crippen molar-refractivity contribution >= 4 is 39.7 Å². The van der Waals surface area contributed by atoms with Crippen LogP contribution < -0.4 is 25.2 Å². The summed E-state index contributed by atoms with van der Waals surface area (Å²) in [5, 5.41) is 15.1. The standard InChI is InChI=1S/C23H25N7O3S/c1-33-17-4-2-3-15(11-17)16-12-20(31)30(14-16)23-28-27-22(34-23)21(32)26-18-13-25-6-5-19(18)29-9-7-24-8-10-29/h2-6,11,13,16,24H,7-10,12,14H2,1H3,(H,26,32). The minimum atomic E-state index is -0.371. The second-order valence-corrected chi connectivity index (χ2v) is 9.11. The van der Waals surface area contributed by atoms with Gasteiger partial charge >= 0.3 is 0 Å². The number of benzene rings is 1. The molecule has 4 heterocycles. The van der Waals surface area contributed by atoms with Crippen molar-refractivity contribution < 1.29 is 14.3 Å². The van der Waals surface area contributed by atoms with Crippen LogP contribution in [-0.4, -0.2) is 66.8 Å². The third-order valence-electron chi connectivity index (χ3n) is 6.03. The molecule has 0 saturated carbocycles. The molecule has 34 heavy (non-hydrogen) atoms. The Morgan fingerprint density at radius 1 is 1.24 bits per heavy atom. The zero-order chi connectivity index (χ0) is 23.5. The molecule has 3 aromatic rings. The van der Waals surface area contributed by atoms with Crippen LogP contribution in [0, 0.1) is 0 Å². The van der Waals surface area contributed by atoms with E-state index in [0.29, 0.717) is 23.8 Å². The predicted molar refractivity (Wildman–Crippen MR) is 130 cm³/mol. The average Bonchev–Trinajstić information content (AvgIpc) is 3.52. The van der Waals surface area contributed by atoms with Gasteiger partial charge in [0.1, 0.15) is 5.75 Å². The average molecular weight is 480 g/mol. The summed E-state index contributed by atoms with van der Waals surface area (Å²) < 4.78 is 5.30. The SMILES string of the molecule is COc1cccc(C2CC(=O)N(c3nnc(C(=O)Nc4cnccc4N4CCNCC4)s3)C2)c1. The van der Waals surface area contributed by atoms with Gasteiger partial charge in [-0.25, -0.2) is 0 Å². The highest BCUT2D eigenvalue weighted by molar-refractivity contribution is 7.17. The van der Waals surface area contributed by atoms with Crippen molar-refractivity contribution in [3.63, 3.8) is 0 Å². The maximum atomic E-state index is 12.9. The van der Waals surface area contributed by atoms with E-state index in [1.165, 1.54) is 0 Å². The molecular weight excluding hydrogens is 454 g/mol. The number of methoxy groups -OCH3 is 1. The maximum Gasteiger partial charge on any atom is 0.286 e. The van der Waals surface area contributed by atoms with Crippen LogP contribution in [-0.2, 0) is 4.79 Å². The summed E-state index contributed by atoms with van der Waals surface area (Å²) in [4.78, 5) is 33.6. The van der Waals surface area contributed by atoms with Crippen LogP contribution in [0.2, 0.25) is 0 Å². The first-order valence-corrected chi connectivity index (χ1v) is 11.9. The maximum absolute atomic E-state index is 12.9. The Morgan fingerprint density at radius 3 is 2.91 bits per heavy atom. The zero-order valence-electron chi connectivity index (χ0n) is 18.7. The number of piperazine rings is 1. The summed E-state index contributed by atoms with van der Waals surface area (Å²) >= 11 is 1.11. The Kier molecular flexibility index (Phi) is 6.37. The number of carbonyl (C=O) groups excluding carboxylic acids is 2. The van der Waals surface area contributed by atoms with Gasteiger partial charge in [0.15, 0.2) is 0 Å². The first-order chi connectivity index (χ1) is 16.6. The fourth-order valence-electron chi connectivity index (χ4n) is 4.27. The van der Waals surface area contributed by atoms with Crippen molar-refractivity contribution in [2.75, 3.05) is 55.0 Å². The lowest BCUT2D eigenvalue weighted by Crippen LogP contribution is -2.43. The zero-order valence-corrected chi connectivity index (χ0v) is 19.5. The molecule has 2 aromatic heterocycles. The van der Waals surface area contributed by atoms with Gasteiger partial charge in [0.25, 0.3) is 5.91 Å². The second kappa shape index (κ2) is 9.74. The molecule has 2 fully saturated rings. The Balaban J connectivity index is 1.29. The lowest BCUT2D eigenvalue weighted by Gasteiger charge is -2.30. The second-order valence-electron chi connectivity index (χ2n) is 8.16. The van der Waals surface area contributed by atoms with Gasteiger partial charge in [-0.1, -0.05) is 23.5 Å². The minimum Gasteiger partial charge on any atom is -0.497 e. The fourth-order valence-corrected chi connectivity index (χ4v) is 5.03. The number of pyridine rings is 1. The topological polar surface area (TPSA) is 113 Å². The summed E-state index contributed by atoms with van der Waals surface area (Å²) in [6.07, 6.45) is 3.73. The van der Waals surface area contributed by atoms with E-state index in [2.05, 4.69) is 30.7 Å². The number of rotatable bonds is 6. The Morgan fingerprint density at radius 2 is 2.09 bits per heavy atom.